The van der Waals surface area contributed by atoms with Crippen molar-refractivity contribution in [1.29, 1.82) is 0 Å². The molecule has 0 bridgehead atoms. The number of hydrogen-bond donors (Lipinski definition) is 0. The number of aldehydes is 1. The molecule has 98 valence electrons. The predicted octanol–water partition coefficient (Wildman–Crippen LogP) is 3.40. The number of carbonyl (C=O) groups is 1. The van der Waals surface area contributed by atoms with Crippen LogP contribution >= 0.6 is 0 Å². The van der Waals surface area contributed by atoms with Gasteiger partial charge in [0.05, 0.1) is 0 Å². The largest absolute Gasteiger partial charge is 0.367 e. The topological polar surface area (TPSA) is 20.3 Å². The summed E-state index contributed by atoms with van der Waals surface area (Å²) in [6.45, 7) is 3.13. The van der Waals surface area contributed by atoms with E-state index in [-0.39, 0.29) is 11.3 Å². The molecule has 2 nitrogen and oxygen atoms in total. The fourth-order valence-electron chi connectivity index (χ4n) is 2.32. The molecule has 4 heteroatoms. The summed E-state index contributed by atoms with van der Waals surface area (Å²) >= 11 is 0. The van der Waals surface area contributed by atoms with Crippen LogP contribution in [0.4, 0.5) is 14.5 Å². The highest BCUT2D eigenvalue weighted by atomic mass is 19.1. The van der Waals surface area contributed by atoms with E-state index < -0.39 is 11.6 Å². The minimum Gasteiger partial charge on any atom is -0.367 e. The van der Waals surface area contributed by atoms with Gasteiger partial charge in [0, 0.05) is 18.7 Å². The molecule has 1 aromatic carbocycles. The Morgan fingerprint density at radius 3 is 2.33 bits per heavy atom. The summed E-state index contributed by atoms with van der Waals surface area (Å²) in [7, 11) is 0. The number of halogens is 2. The van der Waals surface area contributed by atoms with Gasteiger partial charge in [-0.2, -0.15) is 0 Å². The van der Waals surface area contributed by atoms with Crippen LogP contribution in [0, 0.1) is 17.6 Å². The molecule has 0 unspecified atom stereocenters. The standard InChI is InChI=1S/C14H17F2NO/c1-2-17(8-10-4-3-5-10)14-12(15)6-11(9-18)7-13(14)16/h6-7,9-10H,2-5,8H2,1H3. The Bertz CT molecular complexity index is 420. The number of carbonyl (C=O) groups excluding carboxylic acids is 1. The molecule has 0 saturated heterocycles. The summed E-state index contributed by atoms with van der Waals surface area (Å²) in [5, 5.41) is 0. The molecule has 0 amide bonds. The van der Waals surface area contributed by atoms with Gasteiger partial charge in [-0.1, -0.05) is 6.42 Å². The van der Waals surface area contributed by atoms with Crippen molar-refractivity contribution in [3.63, 3.8) is 0 Å². The lowest BCUT2D eigenvalue weighted by Gasteiger charge is -2.33. The van der Waals surface area contributed by atoms with Crippen molar-refractivity contribution in [2.75, 3.05) is 18.0 Å². The number of hydrogen-bond acceptors (Lipinski definition) is 2. The second-order valence-electron chi connectivity index (χ2n) is 4.79. The second-order valence-corrected chi connectivity index (χ2v) is 4.79. The Kier molecular flexibility index (Phi) is 3.94. The third kappa shape index (κ3) is 2.52. The molecule has 18 heavy (non-hydrogen) atoms. The number of nitrogens with zero attached hydrogens (tertiary/aromatic N) is 1. The van der Waals surface area contributed by atoms with E-state index in [0.717, 1.165) is 25.0 Å². The molecule has 0 radical (unpaired) electrons. The van der Waals surface area contributed by atoms with Crippen LogP contribution in [0.5, 0.6) is 0 Å². The van der Waals surface area contributed by atoms with E-state index in [1.807, 2.05) is 6.92 Å². The van der Waals surface area contributed by atoms with E-state index in [4.69, 9.17) is 0 Å². The Hall–Kier alpha value is -1.45. The first-order valence-corrected chi connectivity index (χ1v) is 6.34. The number of anilines is 1. The molecule has 0 aliphatic heterocycles. The quantitative estimate of drug-likeness (QED) is 0.749. The van der Waals surface area contributed by atoms with Crippen LogP contribution in [0.25, 0.3) is 0 Å². The van der Waals surface area contributed by atoms with Crippen LogP contribution in [-0.4, -0.2) is 19.4 Å². The van der Waals surface area contributed by atoms with Gasteiger partial charge in [0.15, 0.2) is 0 Å². The lowest BCUT2D eigenvalue weighted by molar-refractivity contribution is 0.112. The van der Waals surface area contributed by atoms with E-state index in [0.29, 0.717) is 25.3 Å². The Morgan fingerprint density at radius 1 is 1.33 bits per heavy atom. The minimum atomic E-state index is -0.654. The van der Waals surface area contributed by atoms with Crippen molar-refractivity contribution in [1.82, 2.24) is 0 Å². The van der Waals surface area contributed by atoms with Gasteiger partial charge in [0.2, 0.25) is 0 Å². The van der Waals surface area contributed by atoms with Gasteiger partial charge in [0.25, 0.3) is 0 Å². The lowest BCUT2D eigenvalue weighted by atomic mass is 9.85. The van der Waals surface area contributed by atoms with E-state index >= 15 is 0 Å². The summed E-state index contributed by atoms with van der Waals surface area (Å²) in [6.07, 6.45) is 3.92. The molecular formula is C14H17F2NO. The zero-order valence-electron chi connectivity index (χ0n) is 10.5. The van der Waals surface area contributed by atoms with Crippen molar-refractivity contribution in [3.05, 3.63) is 29.3 Å². The van der Waals surface area contributed by atoms with Gasteiger partial charge >= 0.3 is 0 Å². The first-order valence-electron chi connectivity index (χ1n) is 6.34. The fourth-order valence-corrected chi connectivity index (χ4v) is 2.32. The summed E-state index contributed by atoms with van der Waals surface area (Å²) < 4.78 is 27.7. The average Bonchev–Trinajstić information content (AvgIpc) is 2.29. The van der Waals surface area contributed by atoms with Crippen molar-refractivity contribution < 1.29 is 13.6 Å². The third-order valence-electron chi connectivity index (χ3n) is 3.58. The molecule has 2 rings (SSSR count). The highest BCUT2D eigenvalue weighted by Gasteiger charge is 2.23. The molecule has 1 aliphatic rings. The number of rotatable bonds is 5. The number of benzene rings is 1. The van der Waals surface area contributed by atoms with E-state index in [1.54, 1.807) is 4.90 Å². The highest BCUT2D eigenvalue weighted by Crippen LogP contribution is 2.31. The van der Waals surface area contributed by atoms with Crippen LogP contribution in [0.1, 0.15) is 36.5 Å². The zero-order chi connectivity index (χ0) is 13.1. The van der Waals surface area contributed by atoms with Gasteiger partial charge in [-0.15, -0.1) is 0 Å². The van der Waals surface area contributed by atoms with E-state index in [2.05, 4.69) is 0 Å². The predicted molar refractivity (Wildman–Crippen MR) is 67.0 cm³/mol. The van der Waals surface area contributed by atoms with Crippen molar-refractivity contribution in [3.8, 4) is 0 Å². The third-order valence-corrected chi connectivity index (χ3v) is 3.58. The minimum absolute atomic E-state index is 0.00463. The maximum Gasteiger partial charge on any atom is 0.150 e. The van der Waals surface area contributed by atoms with Crippen LogP contribution < -0.4 is 4.90 Å². The summed E-state index contributed by atoms with van der Waals surface area (Å²) in [4.78, 5) is 12.3. The highest BCUT2D eigenvalue weighted by molar-refractivity contribution is 5.76. The summed E-state index contributed by atoms with van der Waals surface area (Å²) in [5.74, 6) is -0.772. The van der Waals surface area contributed by atoms with Crippen molar-refractivity contribution in [2.45, 2.75) is 26.2 Å². The lowest BCUT2D eigenvalue weighted by Crippen LogP contribution is -2.33. The van der Waals surface area contributed by atoms with Crippen LogP contribution in [0.3, 0.4) is 0 Å². The molecular weight excluding hydrogens is 236 g/mol. The summed E-state index contributed by atoms with van der Waals surface area (Å²) in [6, 6.07) is 2.18. The first kappa shape index (κ1) is 13.0. The molecule has 0 heterocycles. The Labute approximate surface area is 106 Å². The normalized spacial score (nSPS) is 15.3. The van der Waals surface area contributed by atoms with Gasteiger partial charge in [-0.3, -0.25) is 4.79 Å². The van der Waals surface area contributed by atoms with Gasteiger partial charge in [-0.05, 0) is 37.8 Å². The van der Waals surface area contributed by atoms with Crippen LogP contribution in [0.2, 0.25) is 0 Å². The molecule has 1 fully saturated rings. The smallest absolute Gasteiger partial charge is 0.150 e. The first-order chi connectivity index (χ1) is 8.65. The monoisotopic (exact) mass is 253 g/mol. The molecule has 0 spiro atoms. The molecule has 1 aliphatic carbocycles. The SMILES string of the molecule is CCN(CC1CCC1)c1c(F)cc(C=O)cc1F. The van der Waals surface area contributed by atoms with Gasteiger partial charge in [0.1, 0.15) is 23.6 Å². The fraction of sp³-hybridized carbons (Fsp3) is 0.500. The molecule has 1 aromatic rings. The Balaban J connectivity index is 2.25. The maximum atomic E-state index is 13.9. The van der Waals surface area contributed by atoms with Crippen molar-refractivity contribution >= 4 is 12.0 Å². The summed E-state index contributed by atoms with van der Waals surface area (Å²) in [5.41, 5.74) is 0.0310. The second kappa shape index (κ2) is 5.46. The Morgan fingerprint density at radius 2 is 1.94 bits per heavy atom. The molecule has 0 N–H and O–H groups in total. The van der Waals surface area contributed by atoms with Gasteiger partial charge < -0.3 is 4.90 Å². The molecule has 1 saturated carbocycles. The van der Waals surface area contributed by atoms with Crippen LogP contribution in [-0.2, 0) is 0 Å². The van der Waals surface area contributed by atoms with E-state index in [9.17, 15) is 13.6 Å². The van der Waals surface area contributed by atoms with Gasteiger partial charge in [-0.25, -0.2) is 8.78 Å². The molecule has 0 aromatic heterocycles. The van der Waals surface area contributed by atoms with Crippen LogP contribution in [0.15, 0.2) is 12.1 Å². The molecule has 0 atom stereocenters. The van der Waals surface area contributed by atoms with Crippen molar-refractivity contribution in [2.24, 2.45) is 5.92 Å². The zero-order valence-corrected chi connectivity index (χ0v) is 10.5. The average molecular weight is 253 g/mol. The van der Waals surface area contributed by atoms with E-state index in [1.165, 1.54) is 6.42 Å². The maximum absolute atomic E-state index is 13.9.